The molecule has 2 aromatic rings. The predicted octanol–water partition coefficient (Wildman–Crippen LogP) is 3.82. The molecule has 1 atom stereocenters. The van der Waals surface area contributed by atoms with Crippen molar-refractivity contribution in [1.82, 2.24) is 5.43 Å². The van der Waals surface area contributed by atoms with Gasteiger partial charge >= 0.3 is 0 Å². The summed E-state index contributed by atoms with van der Waals surface area (Å²) in [4.78, 5) is 0. The highest BCUT2D eigenvalue weighted by molar-refractivity contribution is 9.10. The monoisotopic (exact) mass is 348 g/mol. The highest BCUT2D eigenvalue weighted by atomic mass is 79.9. The van der Waals surface area contributed by atoms with Crippen molar-refractivity contribution < 1.29 is 4.39 Å². The molecule has 0 amide bonds. The summed E-state index contributed by atoms with van der Waals surface area (Å²) >= 11 is 3.28. The molecule has 1 aliphatic carbocycles. The second kappa shape index (κ2) is 6.26. The van der Waals surface area contributed by atoms with Gasteiger partial charge in [0, 0.05) is 4.47 Å². The maximum absolute atomic E-state index is 14.0. The van der Waals surface area contributed by atoms with Crippen molar-refractivity contribution in [2.24, 2.45) is 5.84 Å². The number of rotatable bonds is 4. The van der Waals surface area contributed by atoms with Crippen LogP contribution in [-0.2, 0) is 19.3 Å². The van der Waals surface area contributed by atoms with Gasteiger partial charge in [0.1, 0.15) is 5.82 Å². The Hall–Kier alpha value is -1.23. The average molecular weight is 349 g/mol. The van der Waals surface area contributed by atoms with Crippen molar-refractivity contribution in [1.29, 1.82) is 0 Å². The Labute approximate surface area is 132 Å². The van der Waals surface area contributed by atoms with E-state index in [4.69, 9.17) is 5.84 Å². The average Bonchev–Trinajstić information content (AvgIpc) is 2.94. The van der Waals surface area contributed by atoms with E-state index in [1.807, 2.05) is 6.07 Å². The zero-order valence-corrected chi connectivity index (χ0v) is 13.3. The maximum atomic E-state index is 14.0. The van der Waals surface area contributed by atoms with E-state index < -0.39 is 0 Å². The zero-order chi connectivity index (χ0) is 14.8. The predicted molar refractivity (Wildman–Crippen MR) is 86.3 cm³/mol. The van der Waals surface area contributed by atoms with Crippen LogP contribution in [0.15, 0.2) is 40.9 Å². The van der Waals surface area contributed by atoms with E-state index in [9.17, 15) is 4.39 Å². The summed E-state index contributed by atoms with van der Waals surface area (Å²) < 4.78 is 14.7. The second-order valence-corrected chi connectivity index (χ2v) is 6.46. The Morgan fingerprint density at radius 1 is 1.14 bits per heavy atom. The first-order valence-corrected chi connectivity index (χ1v) is 7.98. The third-order valence-corrected chi connectivity index (χ3v) is 4.66. The first-order valence-electron chi connectivity index (χ1n) is 7.19. The molecule has 0 bridgehead atoms. The summed E-state index contributed by atoms with van der Waals surface area (Å²) in [5.74, 6) is 5.49. The normalized spacial score (nSPS) is 15.0. The van der Waals surface area contributed by atoms with Crippen LogP contribution in [0.5, 0.6) is 0 Å². The smallest absolute Gasteiger partial charge is 0.127 e. The summed E-state index contributed by atoms with van der Waals surface area (Å²) in [6.07, 6.45) is 4.06. The van der Waals surface area contributed by atoms with Crippen LogP contribution in [0.4, 0.5) is 4.39 Å². The molecule has 3 N–H and O–H groups in total. The maximum Gasteiger partial charge on any atom is 0.127 e. The fourth-order valence-corrected chi connectivity index (χ4v) is 3.32. The molecular weight excluding hydrogens is 331 g/mol. The number of aryl methyl sites for hydroxylation is 2. The van der Waals surface area contributed by atoms with Crippen molar-refractivity contribution in [3.63, 3.8) is 0 Å². The topological polar surface area (TPSA) is 38.0 Å². The Bertz CT molecular complexity index is 657. The molecule has 0 saturated heterocycles. The molecule has 0 aromatic heterocycles. The molecular formula is C17H18BrFN2. The van der Waals surface area contributed by atoms with E-state index in [0.717, 1.165) is 22.9 Å². The number of hydrazine groups is 1. The Morgan fingerprint density at radius 2 is 1.95 bits per heavy atom. The van der Waals surface area contributed by atoms with Crippen LogP contribution in [0.3, 0.4) is 0 Å². The van der Waals surface area contributed by atoms with Crippen molar-refractivity contribution >= 4 is 15.9 Å². The third-order valence-electron chi connectivity index (χ3n) is 4.17. The minimum Gasteiger partial charge on any atom is -0.271 e. The molecule has 1 unspecified atom stereocenters. The lowest BCUT2D eigenvalue weighted by molar-refractivity contribution is 0.528. The number of fused-ring (bicyclic) bond motifs is 1. The van der Waals surface area contributed by atoms with Gasteiger partial charge in [0.25, 0.3) is 0 Å². The molecule has 0 spiro atoms. The molecule has 110 valence electrons. The molecule has 0 saturated carbocycles. The Morgan fingerprint density at radius 3 is 2.71 bits per heavy atom. The lowest BCUT2D eigenvalue weighted by atomic mass is 9.96. The van der Waals surface area contributed by atoms with E-state index in [1.54, 1.807) is 6.07 Å². The van der Waals surface area contributed by atoms with E-state index in [-0.39, 0.29) is 11.9 Å². The molecule has 21 heavy (non-hydrogen) atoms. The molecule has 0 heterocycles. The van der Waals surface area contributed by atoms with Gasteiger partial charge in [-0.3, -0.25) is 11.3 Å². The first-order chi connectivity index (χ1) is 10.2. The van der Waals surface area contributed by atoms with Crippen LogP contribution >= 0.6 is 15.9 Å². The molecule has 0 aliphatic heterocycles. The van der Waals surface area contributed by atoms with Gasteiger partial charge in [-0.25, -0.2) is 4.39 Å². The fraction of sp³-hybridized carbons (Fsp3) is 0.294. The number of nitrogens with two attached hydrogens (primary N) is 1. The molecule has 2 aromatic carbocycles. The van der Waals surface area contributed by atoms with Gasteiger partial charge in [0.05, 0.1) is 6.04 Å². The minimum atomic E-state index is -0.203. The molecule has 1 aliphatic rings. The molecule has 2 nitrogen and oxygen atoms in total. The second-order valence-electron chi connectivity index (χ2n) is 5.54. The number of nitrogens with one attached hydrogen (secondary N) is 1. The summed E-state index contributed by atoms with van der Waals surface area (Å²) in [6.45, 7) is 0. The molecule has 4 heteroatoms. The summed E-state index contributed by atoms with van der Waals surface area (Å²) in [5.41, 5.74) is 7.46. The van der Waals surface area contributed by atoms with Crippen LogP contribution in [-0.4, -0.2) is 0 Å². The van der Waals surface area contributed by atoms with Gasteiger partial charge in [-0.2, -0.15) is 0 Å². The fourth-order valence-electron chi connectivity index (χ4n) is 2.99. The van der Waals surface area contributed by atoms with Crippen LogP contribution in [0, 0.1) is 5.82 Å². The van der Waals surface area contributed by atoms with Gasteiger partial charge in [-0.1, -0.05) is 40.2 Å². The van der Waals surface area contributed by atoms with E-state index >= 15 is 0 Å². The van der Waals surface area contributed by atoms with Crippen molar-refractivity contribution in [3.8, 4) is 0 Å². The van der Waals surface area contributed by atoms with Gasteiger partial charge in [-0.15, -0.1) is 0 Å². The Kier molecular flexibility index (Phi) is 4.38. The van der Waals surface area contributed by atoms with Crippen LogP contribution in [0.2, 0.25) is 0 Å². The lowest BCUT2D eigenvalue weighted by Gasteiger charge is -2.18. The standard InChI is InChI=1S/C17H18BrFN2/c18-15-7-6-13(16(19)10-15)9-17(21-20)14-5-4-11-2-1-3-12(11)8-14/h4-8,10,17,21H,1-3,9,20H2. The quantitative estimate of drug-likeness (QED) is 0.651. The number of hydrogen-bond acceptors (Lipinski definition) is 2. The molecule has 3 rings (SSSR count). The highest BCUT2D eigenvalue weighted by Crippen LogP contribution is 2.27. The number of benzene rings is 2. The third kappa shape index (κ3) is 3.18. The zero-order valence-electron chi connectivity index (χ0n) is 11.7. The summed E-state index contributed by atoms with van der Waals surface area (Å²) in [5, 5.41) is 0. The van der Waals surface area contributed by atoms with Crippen LogP contribution in [0.25, 0.3) is 0 Å². The van der Waals surface area contributed by atoms with Gasteiger partial charge in [0.15, 0.2) is 0 Å². The summed E-state index contributed by atoms with van der Waals surface area (Å²) in [7, 11) is 0. The van der Waals surface area contributed by atoms with Gasteiger partial charge < -0.3 is 0 Å². The minimum absolute atomic E-state index is 0.0772. The highest BCUT2D eigenvalue weighted by Gasteiger charge is 2.17. The Balaban J connectivity index is 1.85. The lowest BCUT2D eigenvalue weighted by Crippen LogP contribution is -2.30. The van der Waals surface area contributed by atoms with Crippen LogP contribution < -0.4 is 11.3 Å². The SMILES string of the molecule is NNC(Cc1ccc(Br)cc1F)c1ccc2c(c1)CCC2. The van der Waals surface area contributed by atoms with Crippen molar-refractivity contribution in [3.05, 3.63) is 68.9 Å². The van der Waals surface area contributed by atoms with Crippen LogP contribution in [0.1, 0.15) is 34.7 Å². The first kappa shape index (κ1) is 14.7. The largest absolute Gasteiger partial charge is 0.271 e. The molecule has 0 radical (unpaired) electrons. The van der Waals surface area contributed by atoms with Gasteiger partial charge in [-0.05, 0) is 60.1 Å². The van der Waals surface area contributed by atoms with E-state index in [2.05, 4.69) is 39.6 Å². The number of hydrogen-bond donors (Lipinski definition) is 2. The van der Waals surface area contributed by atoms with Crippen molar-refractivity contribution in [2.45, 2.75) is 31.7 Å². The van der Waals surface area contributed by atoms with Gasteiger partial charge in [0.2, 0.25) is 0 Å². The van der Waals surface area contributed by atoms with E-state index in [0.29, 0.717) is 12.0 Å². The number of halogens is 2. The van der Waals surface area contributed by atoms with E-state index in [1.165, 1.54) is 23.6 Å². The van der Waals surface area contributed by atoms with Crippen molar-refractivity contribution in [2.75, 3.05) is 0 Å². The summed E-state index contributed by atoms with van der Waals surface area (Å²) in [6, 6.07) is 11.6. The molecule has 0 fully saturated rings.